The van der Waals surface area contributed by atoms with Gasteiger partial charge in [0.05, 0.1) is 0 Å². The molecule has 0 saturated heterocycles. The van der Waals surface area contributed by atoms with Gasteiger partial charge in [-0.3, -0.25) is 19.6 Å². The van der Waals surface area contributed by atoms with E-state index in [1.54, 1.807) is 0 Å². The Hall–Kier alpha value is -0.440. The predicted molar refractivity (Wildman–Crippen MR) is 161 cm³/mol. The molecule has 0 unspecified atom stereocenters. The van der Waals surface area contributed by atoms with Crippen LogP contribution in [0.1, 0.15) is 27.2 Å². The van der Waals surface area contributed by atoms with Crippen molar-refractivity contribution in [3.05, 3.63) is 0 Å². The van der Waals surface area contributed by atoms with Crippen molar-refractivity contribution in [2.75, 3.05) is 137 Å². The summed E-state index contributed by atoms with van der Waals surface area (Å²) >= 11 is 0. The molecule has 0 heterocycles. The van der Waals surface area contributed by atoms with E-state index in [0.717, 1.165) is 105 Å². The molecule has 0 aliphatic rings. The van der Waals surface area contributed by atoms with Crippen LogP contribution in [0.15, 0.2) is 0 Å². The van der Waals surface area contributed by atoms with Gasteiger partial charge in [-0.1, -0.05) is 20.8 Å². The molecule has 0 aliphatic carbocycles. The van der Waals surface area contributed by atoms with Crippen LogP contribution >= 0.6 is 0 Å². The van der Waals surface area contributed by atoms with Crippen molar-refractivity contribution in [1.82, 2.24) is 30.2 Å². The third-order valence-electron chi connectivity index (χ3n) is 7.07. The fraction of sp³-hybridized carbons (Fsp3) is 1.00. The van der Waals surface area contributed by atoms with E-state index in [4.69, 9.17) is 28.7 Å². The maximum atomic E-state index is 5.94. The van der Waals surface area contributed by atoms with Gasteiger partial charge in [0.1, 0.15) is 0 Å². The van der Waals surface area contributed by atoms with E-state index in [1.807, 2.05) is 0 Å². The summed E-state index contributed by atoms with van der Waals surface area (Å²) < 4.78 is 0. The summed E-state index contributed by atoms with van der Waals surface area (Å²) in [7, 11) is 0. The number of nitrogens with one attached hydrogen (secondary N) is 2. The third kappa shape index (κ3) is 21.1. The summed E-state index contributed by atoms with van der Waals surface area (Å²) in [6, 6.07) is 0. The van der Waals surface area contributed by atoms with Crippen LogP contribution in [0.5, 0.6) is 0 Å². The zero-order chi connectivity index (χ0) is 27.8. The topological polar surface area (TPSA) is 167 Å². The Labute approximate surface area is 229 Å². The lowest BCUT2D eigenvalue weighted by Crippen LogP contribution is -2.46. The molecule has 0 aliphatic heterocycles. The molecule has 0 rings (SSSR count). The minimum Gasteiger partial charge on any atom is -0.329 e. The van der Waals surface area contributed by atoms with Gasteiger partial charge >= 0.3 is 0 Å². The van der Waals surface area contributed by atoms with Crippen LogP contribution in [-0.2, 0) is 0 Å². The molecule has 0 aromatic carbocycles. The standard InChI is InChI=1S/C26H65N11/c1-4-26(2,3)25-33-12-18-35(15-8-30)20-23-37(17-11-32-10-5-27)24-22-36(16-9-31)21-19-34(13-6-28)14-7-29/h32-33H,4-25,27-31H2,1-3H3. The fourth-order valence-corrected chi connectivity index (χ4v) is 4.17. The van der Waals surface area contributed by atoms with E-state index in [1.165, 1.54) is 6.42 Å². The van der Waals surface area contributed by atoms with E-state index in [2.05, 4.69) is 51.0 Å². The van der Waals surface area contributed by atoms with Crippen LogP contribution in [-0.4, -0.2) is 157 Å². The second kappa shape index (κ2) is 24.6. The molecule has 0 atom stereocenters. The van der Waals surface area contributed by atoms with Gasteiger partial charge in [0.25, 0.3) is 0 Å². The van der Waals surface area contributed by atoms with E-state index in [-0.39, 0.29) is 0 Å². The normalized spacial score (nSPS) is 12.6. The number of hydrogen-bond acceptors (Lipinski definition) is 11. The van der Waals surface area contributed by atoms with Crippen molar-refractivity contribution in [1.29, 1.82) is 0 Å². The molecule has 11 heteroatoms. The van der Waals surface area contributed by atoms with Gasteiger partial charge < -0.3 is 39.3 Å². The molecule has 0 bridgehead atoms. The van der Waals surface area contributed by atoms with E-state index >= 15 is 0 Å². The Kier molecular flexibility index (Phi) is 24.3. The molecule has 224 valence electrons. The first-order valence-electron chi connectivity index (χ1n) is 14.7. The van der Waals surface area contributed by atoms with Gasteiger partial charge in [-0.05, 0) is 11.8 Å². The largest absolute Gasteiger partial charge is 0.329 e. The summed E-state index contributed by atoms with van der Waals surface area (Å²) in [4.78, 5) is 9.86. The first-order chi connectivity index (χ1) is 17.8. The van der Waals surface area contributed by atoms with Crippen molar-refractivity contribution in [3.63, 3.8) is 0 Å². The maximum Gasteiger partial charge on any atom is 0.0110 e. The predicted octanol–water partition coefficient (Wildman–Crippen LogP) is -2.40. The number of nitrogens with zero attached hydrogens (tertiary/aromatic N) is 4. The van der Waals surface area contributed by atoms with Crippen molar-refractivity contribution in [2.24, 2.45) is 34.1 Å². The zero-order valence-corrected chi connectivity index (χ0v) is 24.7. The van der Waals surface area contributed by atoms with Gasteiger partial charge in [-0.15, -0.1) is 0 Å². The number of hydrogen-bond donors (Lipinski definition) is 7. The first kappa shape index (κ1) is 36.6. The molecule has 11 nitrogen and oxygen atoms in total. The van der Waals surface area contributed by atoms with Crippen LogP contribution in [0.25, 0.3) is 0 Å². The molecule has 12 N–H and O–H groups in total. The summed E-state index contributed by atoms with van der Waals surface area (Å²) in [6.45, 7) is 25.7. The fourth-order valence-electron chi connectivity index (χ4n) is 4.17. The number of rotatable bonds is 28. The van der Waals surface area contributed by atoms with Crippen molar-refractivity contribution < 1.29 is 0 Å². The van der Waals surface area contributed by atoms with Crippen LogP contribution in [0, 0.1) is 5.41 Å². The van der Waals surface area contributed by atoms with E-state index in [0.29, 0.717) is 38.1 Å². The minimum absolute atomic E-state index is 0.340. The van der Waals surface area contributed by atoms with E-state index in [9.17, 15) is 0 Å². The highest BCUT2D eigenvalue weighted by molar-refractivity contribution is 4.73. The van der Waals surface area contributed by atoms with Crippen LogP contribution in [0.4, 0.5) is 0 Å². The van der Waals surface area contributed by atoms with Crippen LogP contribution in [0.2, 0.25) is 0 Å². The van der Waals surface area contributed by atoms with Gasteiger partial charge in [0.15, 0.2) is 0 Å². The molecular formula is C26H65N11. The highest BCUT2D eigenvalue weighted by atomic mass is 15.2. The molecule has 0 aromatic heterocycles. The van der Waals surface area contributed by atoms with Gasteiger partial charge in [-0.2, -0.15) is 0 Å². The average Bonchev–Trinajstić information content (AvgIpc) is 2.88. The van der Waals surface area contributed by atoms with Crippen molar-refractivity contribution >= 4 is 0 Å². The highest BCUT2D eigenvalue weighted by Gasteiger charge is 2.15. The molecule has 0 aromatic rings. The maximum absolute atomic E-state index is 5.94. The second-order valence-electron chi connectivity index (χ2n) is 10.8. The number of nitrogens with two attached hydrogens (primary N) is 5. The van der Waals surface area contributed by atoms with E-state index < -0.39 is 0 Å². The lowest BCUT2D eigenvalue weighted by Gasteiger charge is -2.31. The molecule has 0 fully saturated rings. The van der Waals surface area contributed by atoms with Crippen LogP contribution in [0.3, 0.4) is 0 Å². The first-order valence-corrected chi connectivity index (χ1v) is 14.7. The summed E-state index contributed by atoms with van der Waals surface area (Å²) in [6.07, 6.45) is 1.18. The average molecular weight is 532 g/mol. The SMILES string of the molecule is CCC(C)(C)CNCCN(CCN)CCN(CCNCCN)CCN(CCN)CCN(CCN)CCN. The molecule has 0 saturated carbocycles. The van der Waals surface area contributed by atoms with Crippen molar-refractivity contribution in [3.8, 4) is 0 Å². The Morgan fingerprint density at radius 3 is 1.19 bits per heavy atom. The summed E-state index contributed by atoms with van der Waals surface area (Å²) in [5.74, 6) is 0. The highest BCUT2D eigenvalue weighted by Crippen LogP contribution is 2.17. The molecule has 37 heavy (non-hydrogen) atoms. The Balaban J connectivity index is 4.84. The molecule has 0 amide bonds. The van der Waals surface area contributed by atoms with Crippen LogP contribution < -0.4 is 39.3 Å². The minimum atomic E-state index is 0.340. The molecule has 0 radical (unpaired) electrons. The van der Waals surface area contributed by atoms with Gasteiger partial charge in [-0.25, -0.2) is 0 Å². The van der Waals surface area contributed by atoms with Gasteiger partial charge in [0.2, 0.25) is 0 Å². The zero-order valence-electron chi connectivity index (χ0n) is 24.7. The second-order valence-corrected chi connectivity index (χ2v) is 10.8. The summed E-state index contributed by atoms with van der Waals surface area (Å²) in [5.41, 5.74) is 29.5. The van der Waals surface area contributed by atoms with Gasteiger partial charge in [0, 0.05) is 137 Å². The lowest BCUT2D eigenvalue weighted by molar-refractivity contribution is 0.165. The Morgan fingerprint density at radius 1 is 0.459 bits per heavy atom. The third-order valence-corrected chi connectivity index (χ3v) is 7.07. The Morgan fingerprint density at radius 2 is 0.811 bits per heavy atom. The monoisotopic (exact) mass is 532 g/mol. The quantitative estimate of drug-likeness (QED) is 0.0538. The lowest BCUT2D eigenvalue weighted by atomic mass is 9.90. The molecular weight excluding hydrogens is 466 g/mol. The Bertz CT molecular complexity index is 475. The van der Waals surface area contributed by atoms with Crippen molar-refractivity contribution in [2.45, 2.75) is 27.2 Å². The smallest absolute Gasteiger partial charge is 0.0110 e. The summed E-state index contributed by atoms with van der Waals surface area (Å²) in [5, 5.41) is 7.09. The molecule has 0 spiro atoms.